The van der Waals surface area contributed by atoms with Crippen LogP contribution < -0.4 is 4.90 Å². The molecule has 9 aromatic carbocycles. The second-order valence-corrected chi connectivity index (χ2v) is 13.7. The van der Waals surface area contributed by atoms with Crippen LogP contribution in [0.15, 0.2) is 182 Å². The van der Waals surface area contributed by atoms with Crippen LogP contribution in [0, 0.1) is 5.82 Å². The van der Waals surface area contributed by atoms with Gasteiger partial charge in [-0.25, -0.2) is 4.39 Å². The van der Waals surface area contributed by atoms with Gasteiger partial charge in [0.25, 0.3) is 0 Å². The number of hydrogen-bond acceptors (Lipinski definition) is 1. The molecular weight excluding hydrogens is 622 g/mol. The van der Waals surface area contributed by atoms with Gasteiger partial charge >= 0.3 is 0 Å². The zero-order chi connectivity index (χ0) is 33.7. The van der Waals surface area contributed by atoms with Gasteiger partial charge < -0.3 is 4.90 Å². The smallest absolute Gasteiger partial charge is 0.125 e. The molecule has 0 saturated carbocycles. The molecule has 2 aliphatic carbocycles. The summed E-state index contributed by atoms with van der Waals surface area (Å²) in [5, 5.41) is 7.34. The molecular formula is C49H30FN. The Hall–Kier alpha value is -6.51. The first kappa shape index (κ1) is 28.3. The van der Waals surface area contributed by atoms with Crippen molar-refractivity contribution in [1.29, 1.82) is 0 Å². The predicted molar refractivity (Wildman–Crippen MR) is 210 cm³/mol. The fourth-order valence-electron chi connectivity index (χ4n) is 9.45. The van der Waals surface area contributed by atoms with Crippen LogP contribution in [-0.4, -0.2) is 0 Å². The van der Waals surface area contributed by atoms with Crippen LogP contribution in [0.5, 0.6) is 0 Å². The Bertz CT molecular complexity index is 2840. The SMILES string of the molecule is Fc1cccc(N(c2ccccc2)c2cc3c(c4ccccc24)-c2c(c4ccccc4c4ccccc24)C32c3ccccc3-c3ccccc32)c1. The monoisotopic (exact) mass is 651 g/mol. The van der Waals surface area contributed by atoms with Crippen molar-refractivity contribution in [3.63, 3.8) is 0 Å². The number of benzene rings is 9. The summed E-state index contributed by atoms with van der Waals surface area (Å²) in [6.45, 7) is 0. The van der Waals surface area contributed by atoms with E-state index in [2.05, 4.69) is 157 Å². The van der Waals surface area contributed by atoms with Crippen LogP contribution in [0.3, 0.4) is 0 Å². The molecule has 11 rings (SSSR count). The van der Waals surface area contributed by atoms with E-state index < -0.39 is 5.41 Å². The number of hydrogen-bond donors (Lipinski definition) is 0. The third-order valence-electron chi connectivity index (χ3n) is 11.3. The largest absolute Gasteiger partial charge is 0.310 e. The van der Waals surface area contributed by atoms with E-state index in [1.807, 2.05) is 12.1 Å². The minimum Gasteiger partial charge on any atom is -0.310 e. The molecule has 0 fully saturated rings. The number of halogens is 1. The van der Waals surface area contributed by atoms with Crippen molar-refractivity contribution in [2.75, 3.05) is 4.90 Å². The molecule has 0 aliphatic heterocycles. The number of nitrogens with zero attached hydrogens (tertiary/aromatic N) is 1. The van der Waals surface area contributed by atoms with Crippen molar-refractivity contribution < 1.29 is 4.39 Å². The maximum absolute atomic E-state index is 15.1. The highest BCUT2D eigenvalue weighted by atomic mass is 19.1. The summed E-state index contributed by atoms with van der Waals surface area (Å²) in [5.74, 6) is -0.264. The quantitative estimate of drug-likeness (QED) is 0.172. The Morgan fingerprint density at radius 3 is 1.55 bits per heavy atom. The van der Waals surface area contributed by atoms with Gasteiger partial charge in [-0.2, -0.15) is 0 Å². The standard InChI is InChI=1S/C49H30FN/c50-31-15-14-18-33(29-31)51(32-16-2-1-3-17-32)45-30-44-46(40-25-8-6-23-38(40)45)47-39-24-7-4-19-34(39)35-20-5-9-26-41(35)48(47)49(44)42-27-12-10-21-36(42)37-22-11-13-28-43(37)49/h1-30H. The molecule has 1 nitrogen and oxygen atoms in total. The highest BCUT2D eigenvalue weighted by Gasteiger charge is 2.53. The molecule has 0 unspecified atom stereocenters. The van der Waals surface area contributed by atoms with Crippen molar-refractivity contribution in [2.24, 2.45) is 0 Å². The minimum absolute atomic E-state index is 0.264. The van der Waals surface area contributed by atoms with E-state index in [-0.39, 0.29) is 5.82 Å². The van der Waals surface area contributed by atoms with Crippen LogP contribution >= 0.6 is 0 Å². The van der Waals surface area contributed by atoms with E-state index in [4.69, 9.17) is 0 Å². The lowest BCUT2D eigenvalue weighted by Gasteiger charge is -2.33. The first-order valence-corrected chi connectivity index (χ1v) is 17.6. The first-order valence-electron chi connectivity index (χ1n) is 17.6. The highest BCUT2D eigenvalue weighted by molar-refractivity contribution is 6.24. The van der Waals surface area contributed by atoms with E-state index in [1.165, 1.54) is 77.5 Å². The Morgan fingerprint density at radius 2 is 0.882 bits per heavy atom. The number of anilines is 3. The Kier molecular flexibility index (Phi) is 5.83. The lowest BCUT2D eigenvalue weighted by molar-refractivity contribution is 0.628. The Balaban J connectivity index is 1.40. The van der Waals surface area contributed by atoms with Crippen molar-refractivity contribution in [3.05, 3.63) is 210 Å². The van der Waals surface area contributed by atoms with Gasteiger partial charge in [0.1, 0.15) is 5.82 Å². The Morgan fingerprint density at radius 1 is 0.373 bits per heavy atom. The fraction of sp³-hybridized carbons (Fsp3) is 0.0204. The van der Waals surface area contributed by atoms with Crippen molar-refractivity contribution in [3.8, 4) is 22.3 Å². The maximum Gasteiger partial charge on any atom is 0.125 e. The van der Waals surface area contributed by atoms with Gasteiger partial charge in [-0.1, -0.05) is 146 Å². The summed E-state index contributed by atoms with van der Waals surface area (Å²) >= 11 is 0. The molecule has 0 atom stereocenters. The van der Waals surface area contributed by atoms with Crippen LogP contribution in [0.4, 0.5) is 21.5 Å². The predicted octanol–water partition coefficient (Wildman–Crippen LogP) is 13.1. The number of fused-ring (bicyclic) bond motifs is 17. The Labute approximate surface area is 295 Å². The van der Waals surface area contributed by atoms with Crippen molar-refractivity contribution >= 4 is 49.4 Å². The van der Waals surface area contributed by atoms with Gasteiger partial charge in [0.15, 0.2) is 0 Å². The molecule has 2 heteroatoms. The lowest BCUT2D eigenvalue weighted by atomic mass is 9.69. The molecule has 0 aromatic heterocycles. The minimum atomic E-state index is -0.593. The third-order valence-corrected chi connectivity index (χ3v) is 11.3. The van der Waals surface area contributed by atoms with Gasteiger partial charge in [0.2, 0.25) is 0 Å². The second-order valence-electron chi connectivity index (χ2n) is 13.7. The zero-order valence-corrected chi connectivity index (χ0v) is 27.6. The summed E-state index contributed by atoms with van der Waals surface area (Å²) in [7, 11) is 0. The van der Waals surface area contributed by atoms with E-state index in [0.717, 1.165) is 22.4 Å². The molecule has 238 valence electrons. The van der Waals surface area contributed by atoms with E-state index in [1.54, 1.807) is 12.1 Å². The van der Waals surface area contributed by atoms with E-state index in [0.29, 0.717) is 0 Å². The van der Waals surface area contributed by atoms with Crippen LogP contribution in [0.1, 0.15) is 22.3 Å². The fourth-order valence-corrected chi connectivity index (χ4v) is 9.45. The first-order chi connectivity index (χ1) is 25.2. The second kappa shape index (κ2) is 10.5. The number of para-hydroxylation sites is 1. The van der Waals surface area contributed by atoms with Crippen LogP contribution in [-0.2, 0) is 5.41 Å². The normalized spacial score (nSPS) is 13.4. The van der Waals surface area contributed by atoms with Gasteiger partial charge in [-0.05, 0) is 108 Å². The number of rotatable bonds is 3. The molecule has 51 heavy (non-hydrogen) atoms. The summed E-state index contributed by atoms with van der Waals surface area (Å²) in [5.41, 5.74) is 12.5. The van der Waals surface area contributed by atoms with Crippen molar-refractivity contribution in [2.45, 2.75) is 5.41 Å². The molecule has 0 saturated heterocycles. The van der Waals surface area contributed by atoms with Crippen molar-refractivity contribution in [1.82, 2.24) is 0 Å². The topological polar surface area (TPSA) is 3.24 Å². The average Bonchev–Trinajstić information content (AvgIpc) is 3.67. The van der Waals surface area contributed by atoms with Crippen LogP contribution in [0.2, 0.25) is 0 Å². The zero-order valence-electron chi connectivity index (χ0n) is 27.6. The molecule has 2 aliphatic rings. The van der Waals surface area contributed by atoms with Gasteiger partial charge in [-0.3, -0.25) is 0 Å². The maximum atomic E-state index is 15.1. The average molecular weight is 652 g/mol. The van der Waals surface area contributed by atoms with Crippen LogP contribution in [0.25, 0.3) is 54.6 Å². The summed E-state index contributed by atoms with van der Waals surface area (Å²) in [6.07, 6.45) is 0. The van der Waals surface area contributed by atoms with Gasteiger partial charge in [0.05, 0.1) is 11.1 Å². The lowest BCUT2D eigenvalue weighted by Crippen LogP contribution is -2.26. The summed E-state index contributed by atoms with van der Waals surface area (Å²) in [6, 6.07) is 64.4. The molecule has 9 aromatic rings. The molecule has 0 radical (unpaired) electrons. The van der Waals surface area contributed by atoms with E-state index in [9.17, 15) is 0 Å². The van der Waals surface area contributed by atoms with E-state index >= 15 is 4.39 Å². The molecule has 0 amide bonds. The third kappa shape index (κ3) is 3.69. The molecule has 1 spiro atoms. The molecule has 0 N–H and O–H groups in total. The van der Waals surface area contributed by atoms with Gasteiger partial charge in [0, 0.05) is 16.8 Å². The summed E-state index contributed by atoms with van der Waals surface area (Å²) < 4.78 is 15.1. The summed E-state index contributed by atoms with van der Waals surface area (Å²) in [4.78, 5) is 2.23. The highest BCUT2D eigenvalue weighted by Crippen LogP contribution is 2.67. The van der Waals surface area contributed by atoms with Gasteiger partial charge in [-0.15, -0.1) is 0 Å². The molecule has 0 heterocycles. The molecule has 0 bridgehead atoms.